The van der Waals surface area contributed by atoms with Crippen molar-refractivity contribution in [1.29, 1.82) is 0 Å². The maximum atomic E-state index is 5.69. The van der Waals surface area contributed by atoms with Crippen LogP contribution in [0.2, 0.25) is 0 Å². The molecule has 0 unspecified atom stereocenters. The average Bonchev–Trinajstić information content (AvgIpc) is 2.66. The lowest BCUT2D eigenvalue weighted by molar-refractivity contribution is 0.508. The van der Waals surface area contributed by atoms with Crippen molar-refractivity contribution < 1.29 is 4.42 Å². The van der Waals surface area contributed by atoms with Gasteiger partial charge in [0.1, 0.15) is 17.7 Å². The van der Waals surface area contributed by atoms with Crippen LogP contribution >= 0.6 is 0 Å². The molecule has 0 radical (unpaired) electrons. The number of nitrogens with two attached hydrogens (primary N) is 2. The summed E-state index contributed by atoms with van der Waals surface area (Å²) < 4.78 is 5.27. The van der Waals surface area contributed by atoms with Gasteiger partial charge in [-0.3, -0.25) is 0 Å². The van der Waals surface area contributed by atoms with Gasteiger partial charge in [-0.25, -0.2) is 9.97 Å². The lowest BCUT2D eigenvalue weighted by atomic mass is 10.2. The van der Waals surface area contributed by atoms with E-state index in [-0.39, 0.29) is 6.54 Å². The molecule has 0 amide bonds. The fourth-order valence-electron chi connectivity index (χ4n) is 1.19. The van der Waals surface area contributed by atoms with Crippen molar-refractivity contribution in [2.45, 2.75) is 13.5 Å². The smallest absolute Gasteiger partial charge is 0.253 e. The largest absolute Gasteiger partial charge is 0.419 e. The summed E-state index contributed by atoms with van der Waals surface area (Å²) in [6.07, 6.45) is 1.38. The quantitative estimate of drug-likeness (QED) is 0.703. The zero-order valence-corrected chi connectivity index (χ0v) is 8.14. The highest BCUT2D eigenvalue weighted by Crippen LogP contribution is 2.24. The molecule has 0 aliphatic heterocycles. The monoisotopic (exact) mass is 206 g/mol. The van der Waals surface area contributed by atoms with Crippen molar-refractivity contribution in [2.75, 3.05) is 5.73 Å². The van der Waals surface area contributed by atoms with Crippen LogP contribution in [-0.4, -0.2) is 20.2 Å². The van der Waals surface area contributed by atoms with Gasteiger partial charge in [0.15, 0.2) is 0 Å². The molecule has 0 atom stereocenters. The topological polar surface area (TPSA) is 117 Å². The van der Waals surface area contributed by atoms with Gasteiger partial charge >= 0.3 is 0 Å². The summed E-state index contributed by atoms with van der Waals surface area (Å²) in [4.78, 5) is 7.86. The third-order valence-electron chi connectivity index (χ3n) is 1.92. The van der Waals surface area contributed by atoms with E-state index in [4.69, 9.17) is 15.9 Å². The number of aryl methyl sites for hydroxylation is 1. The van der Waals surface area contributed by atoms with Crippen LogP contribution in [0.1, 0.15) is 11.6 Å². The van der Waals surface area contributed by atoms with Crippen LogP contribution in [0.15, 0.2) is 10.7 Å². The lowest BCUT2D eigenvalue weighted by Gasteiger charge is -2.01. The first-order valence-corrected chi connectivity index (χ1v) is 4.32. The first kappa shape index (κ1) is 9.53. The predicted octanol–water partition coefficient (Wildman–Crippen LogP) is -0.124. The Morgan fingerprint density at radius 2 is 2.13 bits per heavy atom. The molecule has 2 aromatic heterocycles. The first-order valence-electron chi connectivity index (χ1n) is 4.32. The van der Waals surface area contributed by atoms with Gasteiger partial charge in [0.25, 0.3) is 5.89 Å². The molecular weight excluding hydrogens is 196 g/mol. The summed E-state index contributed by atoms with van der Waals surface area (Å²) in [6.45, 7) is 1.99. The highest BCUT2D eigenvalue weighted by atomic mass is 16.4. The molecule has 0 aromatic carbocycles. The molecule has 0 fully saturated rings. The maximum Gasteiger partial charge on any atom is 0.253 e. The standard InChI is InChI=1S/C8H10N6O/c1-4-6(7(10)12-3-11-4)8-14-13-5(2-9)15-8/h3H,2,9H2,1H3,(H2,10,11,12). The third kappa shape index (κ3) is 1.64. The van der Waals surface area contributed by atoms with E-state index < -0.39 is 0 Å². The number of nitrogens with zero attached hydrogens (tertiary/aromatic N) is 4. The van der Waals surface area contributed by atoms with E-state index in [0.29, 0.717) is 28.9 Å². The van der Waals surface area contributed by atoms with Crippen molar-refractivity contribution in [1.82, 2.24) is 20.2 Å². The van der Waals surface area contributed by atoms with Crippen LogP contribution in [0.4, 0.5) is 5.82 Å². The summed E-state index contributed by atoms with van der Waals surface area (Å²) in [5.41, 5.74) is 12.3. The van der Waals surface area contributed by atoms with Crippen molar-refractivity contribution in [2.24, 2.45) is 5.73 Å². The molecule has 0 spiro atoms. The Kier molecular flexibility index (Phi) is 2.30. The number of hydrogen-bond acceptors (Lipinski definition) is 7. The molecule has 2 rings (SSSR count). The van der Waals surface area contributed by atoms with Gasteiger partial charge in [-0.1, -0.05) is 0 Å². The van der Waals surface area contributed by atoms with Crippen LogP contribution in [0, 0.1) is 6.92 Å². The van der Waals surface area contributed by atoms with Crippen LogP contribution in [0.5, 0.6) is 0 Å². The minimum atomic E-state index is 0.194. The summed E-state index contributed by atoms with van der Waals surface area (Å²) in [7, 11) is 0. The normalized spacial score (nSPS) is 10.5. The zero-order chi connectivity index (χ0) is 10.8. The molecule has 7 nitrogen and oxygen atoms in total. The molecule has 15 heavy (non-hydrogen) atoms. The fraction of sp³-hybridized carbons (Fsp3) is 0.250. The second-order valence-electron chi connectivity index (χ2n) is 2.92. The molecule has 2 aromatic rings. The van der Waals surface area contributed by atoms with Gasteiger partial charge in [-0.2, -0.15) is 0 Å². The number of rotatable bonds is 2. The van der Waals surface area contributed by atoms with Crippen LogP contribution in [-0.2, 0) is 6.54 Å². The molecule has 0 saturated heterocycles. The summed E-state index contributed by atoms with van der Waals surface area (Å²) in [6, 6.07) is 0. The minimum Gasteiger partial charge on any atom is -0.419 e. The lowest BCUT2D eigenvalue weighted by Crippen LogP contribution is -1.98. The molecule has 0 aliphatic rings. The van der Waals surface area contributed by atoms with E-state index in [0.717, 1.165) is 0 Å². The molecule has 78 valence electrons. The van der Waals surface area contributed by atoms with Crippen molar-refractivity contribution >= 4 is 5.82 Å². The van der Waals surface area contributed by atoms with Crippen LogP contribution in [0.3, 0.4) is 0 Å². The van der Waals surface area contributed by atoms with Crippen LogP contribution < -0.4 is 11.5 Å². The van der Waals surface area contributed by atoms with E-state index in [1.807, 2.05) is 0 Å². The van der Waals surface area contributed by atoms with Gasteiger partial charge in [0.2, 0.25) is 5.89 Å². The Bertz CT molecular complexity index is 459. The van der Waals surface area contributed by atoms with Gasteiger partial charge in [-0.15, -0.1) is 10.2 Å². The molecule has 2 heterocycles. The Morgan fingerprint density at radius 1 is 1.33 bits per heavy atom. The SMILES string of the molecule is Cc1ncnc(N)c1-c1nnc(CN)o1. The molecule has 0 saturated carbocycles. The summed E-state index contributed by atoms with van der Waals surface area (Å²) >= 11 is 0. The molecule has 7 heteroatoms. The van der Waals surface area contributed by atoms with Gasteiger partial charge in [0, 0.05) is 0 Å². The minimum absolute atomic E-state index is 0.194. The number of hydrogen-bond donors (Lipinski definition) is 2. The third-order valence-corrected chi connectivity index (χ3v) is 1.92. The summed E-state index contributed by atoms with van der Waals surface area (Å²) in [5, 5.41) is 7.56. The Labute approximate surface area is 85.5 Å². The van der Waals surface area contributed by atoms with Gasteiger partial charge in [0.05, 0.1) is 12.2 Å². The van der Waals surface area contributed by atoms with E-state index in [2.05, 4.69) is 20.2 Å². The molecule has 4 N–H and O–H groups in total. The van der Waals surface area contributed by atoms with Crippen molar-refractivity contribution in [3.05, 3.63) is 17.9 Å². The average molecular weight is 206 g/mol. The molecule has 0 bridgehead atoms. The predicted molar refractivity (Wildman–Crippen MR) is 52.4 cm³/mol. The number of nitrogen functional groups attached to an aromatic ring is 1. The van der Waals surface area contributed by atoms with E-state index >= 15 is 0 Å². The van der Waals surface area contributed by atoms with Crippen molar-refractivity contribution in [3.63, 3.8) is 0 Å². The second-order valence-corrected chi connectivity index (χ2v) is 2.92. The Balaban J connectivity index is 2.53. The maximum absolute atomic E-state index is 5.69. The summed E-state index contributed by atoms with van der Waals surface area (Å²) in [5.74, 6) is 0.966. The molecule has 0 aliphatic carbocycles. The molecular formula is C8H10N6O. The number of aromatic nitrogens is 4. The Morgan fingerprint density at radius 3 is 2.73 bits per heavy atom. The van der Waals surface area contributed by atoms with Crippen molar-refractivity contribution in [3.8, 4) is 11.5 Å². The highest BCUT2D eigenvalue weighted by molar-refractivity contribution is 5.68. The number of anilines is 1. The first-order chi connectivity index (χ1) is 7.22. The highest BCUT2D eigenvalue weighted by Gasteiger charge is 2.14. The van der Waals surface area contributed by atoms with E-state index in [1.165, 1.54) is 6.33 Å². The second kappa shape index (κ2) is 3.62. The van der Waals surface area contributed by atoms with Crippen LogP contribution in [0.25, 0.3) is 11.5 Å². The fourth-order valence-corrected chi connectivity index (χ4v) is 1.19. The van der Waals surface area contributed by atoms with E-state index in [9.17, 15) is 0 Å². The van der Waals surface area contributed by atoms with Gasteiger partial charge in [-0.05, 0) is 6.92 Å². The van der Waals surface area contributed by atoms with E-state index in [1.54, 1.807) is 6.92 Å². The zero-order valence-electron chi connectivity index (χ0n) is 8.14. The Hall–Kier alpha value is -2.02. The van der Waals surface area contributed by atoms with Gasteiger partial charge < -0.3 is 15.9 Å².